The van der Waals surface area contributed by atoms with Gasteiger partial charge in [-0.25, -0.2) is 0 Å². The Hall–Kier alpha value is -1.91. The van der Waals surface area contributed by atoms with Crippen LogP contribution in [0, 0.1) is 0 Å². The monoisotopic (exact) mass is 271 g/mol. The second kappa shape index (κ2) is 7.03. The fourth-order valence-corrected chi connectivity index (χ4v) is 2.25. The van der Waals surface area contributed by atoms with Crippen LogP contribution in [0.15, 0.2) is 42.5 Å². The molecule has 0 heterocycles. The van der Waals surface area contributed by atoms with Gasteiger partial charge in [0.2, 0.25) is 5.91 Å². The van der Waals surface area contributed by atoms with Crippen molar-refractivity contribution in [2.24, 2.45) is 5.73 Å². The average molecular weight is 271 g/mol. The zero-order chi connectivity index (χ0) is 14.4. The maximum Gasteiger partial charge on any atom is 0.233 e. The van der Waals surface area contributed by atoms with Crippen molar-refractivity contribution in [3.8, 4) is 0 Å². The van der Waals surface area contributed by atoms with Crippen LogP contribution < -0.4 is 16.4 Å². The summed E-state index contributed by atoms with van der Waals surface area (Å²) in [5.74, 6) is -0.121. The Morgan fingerprint density at radius 1 is 1.20 bits per heavy atom. The smallest absolute Gasteiger partial charge is 0.233 e. The Labute approximate surface area is 119 Å². The van der Waals surface area contributed by atoms with Crippen LogP contribution in [-0.2, 0) is 11.3 Å². The van der Waals surface area contributed by atoms with Gasteiger partial charge in [-0.1, -0.05) is 42.5 Å². The highest BCUT2D eigenvalue weighted by molar-refractivity contribution is 5.85. The Bertz CT molecular complexity index is 577. The van der Waals surface area contributed by atoms with Crippen LogP contribution in [0.2, 0.25) is 0 Å². The van der Waals surface area contributed by atoms with E-state index in [1.807, 2.05) is 13.0 Å². The number of nitrogens with two attached hydrogens (primary N) is 1. The summed E-state index contributed by atoms with van der Waals surface area (Å²) in [4.78, 5) is 11.2. The van der Waals surface area contributed by atoms with Gasteiger partial charge in [0.25, 0.3) is 0 Å². The van der Waals surface area contributed by atoms with Crippen molar-refractivity contribution in [2.75, 3.05) is 13.1 Å². The quantitative estimate of drug-likeness (QED) is 0.744. The van der Waals surface area contributed by atoms with E-state index in [9.17, 15) is 4.79 Å². The van der Waals surface area contributed by atoms with E-state index in [0.29, 0.717) is 0 Å². The molecule has 0 aliphatic carbocycles. The van der Waals surface area contributed by atoms with Crippen molar-refractivity contribution in [2.45, 2.75) is 19.5 Å². The number of carbonyl (C=O) groups is 1. The third kappa shape index (κ3) is 3.79. The molecule has 0 saturated heterocycles. The molecule has 0 spiro atoms. The fourth-order valence-electron chi connectivity index (χ4n) is 2.25. The van der Waals surface area contributed by atoms with Gasteiger partial charge in [-0.2, -0.15) is 0 Å². The van der Waals surface area contributed by atoms with E-state index in [0.717, 1.165) is 13.1 Å². The van der Waals surface area contributed by atoms with Crippen molar-refractivity contribution in [3.63, 3.8) is 0 Å². The van der Waals surface area contributed by atoms with E-state index in [4.69, 9.17) is 5.73 Å². The molecule has 1 atom stereocenters. The molecule has 4 nitrogen and oxygen atoms in total. The summed E-state index contributed by atoms with van der Waals surface area (Å²) in [5, 5.41) is 8.71. The van der Waals surface area contributed by atoms with Crippen molar-refractivity contribution in [3.05, 3.63) is 48.0 Å². The molecular weight excluding hydrogens is 250 g/mol. The number of hydrogen-bond acceptors (Lipinski definition) is 3. The van der Waals surface area contributed by atoms with E-state index < -0.39 is 0 Å². The number of fused-ring (bicyclic) bond motifs is 1. The predicted molar refractivity (Wildman–Crippen MR) is 82.3 cm³/mol. The van der Waals surface area contributed by atoms with Crippen LogP contribution in [0.4, 0.5) is 0 Å². The Kier molecular flexibility index (Phi) is 5.09. The summed E-state index contributed by atoms with van der Waals surface area (Å²) >= 11 is 0. The van der Waals surface area contributed by atoms with Gasteiger partial charge >= 0.3 is 0 Å². The van der Waals surface area contributed by atoms with Crippen LogP contribution in [-0.4, -0.2) is 25.0 Å². The van der Waals surface area contributed by atoms with Crippen LogP contribution in [0.3, 0.4) is 0 Å². The number of carbonyl (C=O) groups excluding carboxylic acids is 1. The van der Waals surface area contributed by atoms with Crippen LogP contribution in [0.25, 0.3) is 10.8 Å². The molecule has 0 radical (unpaired) electrons. The van der Waals surface area contributed by atoms with E-state index in [-0.39, 0.29) is 18.5 Å². The number of benzene rings is 2. The normalized spacial score (nSPS) is 12.3. The molecule has 0 bridgehead atoms. The zero-order valence-corrected chi connectivity index (χ0v) is 11.7. The van der Waals surface area contributed by atoms with Gasteiger partial charge in [-0.05, 0) is 23.3 Å². The SMILES string of the molecule is CC(CNCc1cccc2ccccc12)NC(=O)CN. The van der Waals surface area contributed by atoms with Gasteiger partial charge < -0.3 is 16.4 Å². The second-order valence-electron chi connectivity index (χ2n) is 4.94. The van der Waals surface area contributed by atoms with Gasteiger partial charge in [0.1, 0.15) is 0 Å². The minimum atomic E-state index is -0.121. The second-order valence-corrected chi connectivity index (χ2v) is 4.94. The zero-order valence-electron chi connectivity index (χ0n) is 11.7. The highest BCUT2D eigenvalue weighted by Gasteiger charge is 2.05. The van der Waals surface area contributed by atoms with Crippen LogP contribution >= 0.6 is 0 Å². The number of amides is 1. The van der Waals surface area contributed by atoms with E-state index in [1.165, 1.54) is 16.3 Å². The third-order valence-electron chi connectivity index (χ3n) is 3.24. The molecular formula is C16H21N3O. The van der Waals surface area contributed by atoms with Gasteiger partial charge in [-0.3, -0.25) is 4.79 Å². The first-order valence-corrected chi connectivity index (χ1v) is 6.87. The maximum atomic E-state index is 11.2. The summed E-state index contributed by atoms with van der Waals surface area (Å²) in [7, 11) is 0. The number of rotatable bonds is 6. The summed E-state index contributed by atoms with van der Waals surface area (Å²) < 4.78 is 0. The molecule has 2 aromatic rings. The van der Waals surface area contributed by atoms with Gasteiger partial charge in [0.05, 0.1) is 6.54 Å². The van der Waals surface area contributed by atoms with Gasteiger partial charge in [0, 0.05) is 19.1 Å². The minimum absolute atomic E-state index is 0.0354. The Morgan fingerprint density at radius 3 is 2.75 bits per heavy atom. The summed E-state index contributed by atoms with van der Waals surface area (Å²) in [6, 6.07) is 14.7. The van der Waals surface area contributed by atoms with E-state index in [1.54, 1.807) is 0 Å². The van der Waals surface area contributed by atoms with Crippen LogP contribution in [0.1, 0.15) is 12.5 Å². The molecule has 0 aliphatic heterocycles. The molecule has 2 aromatic carbocycles. The predicted octanol–water partition coefficient (Wildman–Crippen LogP) is 1.39. The lowest BCUT2D eigenvalue weighted by Gasteiger charge is -2.15. The molecule has 0 saturated carbocycles. The lowest BCUT2D eigenvalue weighted by Crippen LogP contribution is -2.42. The highest BCUT2D eigenvalue weighted by Crippen LogP contribution is 2.18. The van der Waals surface area contributed by atoms with Crippen molar-refractivity contribution >= 4 is 16.7 Å². The first kappa shape index (κ1) is 14.5. The summed E-state index contributed by atoms with van der Waals surface area (Å²) in [5.41, 5.74) is 6.53. The number of hydrogen-bond donors (Lipinski definition) is 3. The average Bonchev–Trinajstić information content (AvgIpc) is 2.47. The lowest BCUT2D eigenvalue weighted by atomic mass is 10.0. The maximum absolute atomic E-state index is 11.2. The third-order valence-corrected chi connectivity index (χ3v) is 3.24. The summed E-state index contributed by atoms with van der Waals surface area (Å²) in [6.07, 6.45) is 0. The van der Waals surface area contributed by atoms with E-state index >= 15 is 0 Å². The first-order valence-electron chi connectivity index (χ1n) is 6.87. The summed E-state index contributed by atoms with van der Waals surface area (Å²) in [6.45, 7) is 3.50. The molecule has 20 heavy (non-hydrogen) atoms. The first-order chi connectivity index (χ1) is 9.70. The standard InChI is InChI=1S/C16H21N3O/c1-12(19-16(20)9-17)10-18-11-14-7-4-6-13-5-2-3-8-15(13)14/h2-8,12,18H,9-11,17H2,1H3,(H,19,20). The molecule has 1 unspecified atom stereocenters. The van der Waals surface area contributed by atoms with Crippen LogP contribution in [0.5, 0.6) is 0 Å². The molecule has 0 fully saturated rings. The molecule has 0 aromatic heterocycles. The lowest BCUT2D eigenvalue weighted by molar-refractivity contribution is -0.120. The van der Waals surface area contributed by atoms with Crippen molar-refractivity contribution in [1.29, 1.82) is 0 Å². The molecule has 106 valence electrons. The van der Waals surface area contributed by atoms with Crippen molar-refractivity contribution in [1.82, 2.24) is 10.6 Å². The Morgan fingerprint density at radius 2 is 1.95 bits per heavy atom. The minimum Gasteiger partial charge on any atom is -0.351 e. The highest BCUT2D eigenvalue weighted by atomic mass is 16.1. The van der Waals surface area contributed by atoms with Gasteiger partial charge in [-0.15, -0.1) is 0 Å². The number of nitrogens with one attached hydrogen (secondary N) is 2. The molecule has 0 aliphatic rings. The molecule has 4 N–H and O–H groups in total. The molecule has 1 amide bonds. The molecule has 4 heteroatoms. The topological polar surface area (TPSA) is 67.1 Å². The fraction of sp³-hybridized carbons (Fsp3) is 0.312. The van der Waals surface area contributed by atoms with Crippen molar-refractivity contribution < 1.29 is 4.79 Å². The van der Waals surface area contributed by atoms with E-state index in [2.05, 4.69) is 47.0 Å². The largest absolute Gasteiger partial charge is 0.351 e. The van der Waals surface area contributed by atoms with Gasteiger partial charge in [0.15, 0.2) is 0 Å². The molecule has 2 rings (SSSR count). The Balaban J connectivity index is 1.91.